The fraction of sp³-hybridized carbons (Fsp3) is 0.263. The molecule has 0 saturated carbocycles. The van der Waals surface area contributed by atoms with Crippen LogP contribution in [0.3, 0.4) is 0 Å². The van der Waals surface area contributed by atoms with Crippen LogP contribution >= 0.6 is 28.1 Å². The van der Waals surface area contributed by atoms with Gasteiger partial charge in [0.05, 0.1) is 17.6 Å². The minimum absolute atomic E-state index is 0.0172. The number of aliphatic hydroxyl groups is 1. The van der Waals surface area contributed by atoms with E-state index < -0.39 is 34.8 Å². The number of ketones is 1. The van der Waals surface area contributed by atoms with E-state index in [0.717, 1.165) is 0 Å². The van der Waals surface area contributed by atoms with Crippen molar-refractivity contribution in [1.29, 1.82) is 0 Å². The number of carbonyl (C=O) groups is 1. The standard InChI is InChI=1S/C19H16BrF3N2O4S/c1-29-12-8-10(7-11(20)16(12)27)14-13(15(26)9-5-3-2-4-6-9)18(28,19(21,22)23)25-17(30)24-14/h2-8,13-14,27-28H,1H3,(H2,24,25,30)/t13-,14+,18+/m0/s1. The topological polar surface area (TPSA) is 90.8 Å². The number of nitrogens with one attached hydrogen (secondary N) is 2. The maximum atomic E-state index is 14.0. The molecule has 1 heterocycles. The number of methoxy groups -OCH3 is 1. The van der Waals surface area contributed by atoms with E-state index in [-0.39, 0.29) is 27.1 Å². The zero-order chi connectivity index (χ0) is 22.3. The van der Waals surface area contributed by atoms with E-state index >= 15 is 0 Å². The second-order valence-electron chi connectivity index (χ2n) is 6.60. The van der Waals surface area contributed by atoms with Crippen LogP contribution in [-0.4, -0.2) is 40.1 Å². The molecule has 0 spiro atoms. The number of ether oxygens (including phenoxy) is 1. The third kappa shape index (κ3) is 3.84. The van der Waals surface area contributed by atoms with E-state index in [1.54, 1.807) is 6.07 Å². The number of carbonyl (C=O) groups excluding carboxylic acids is 1. The molecular weight excluding hydrogens is 489 g/mol. The first-order chi connectivity index (χ1) is 14.0. The summed E-state index contributed by atoms with van der Waals surface area (Å²) in [6.07, 6.45) is -5.23. The summed E-state index contributed by atoms with van der Waals surface area (Å²) < 4.78 is 47.1. The van der Waals surface area contributed by atoms with Gasteiger partial charge in [0.25, 0.3) is 0 Å². The third-order valence-electron chi connectivity index (χ3n) is 4.78. The molecule has 30 heavy (non-hydrogen) atoms. The smallest absolute Gasteiger partial charge is 0.437 e. The molecule has 3 atom stereocenters. The summed E-state index contributed by atoms with van der Waals surface area (Å²) in [6, 6.07) is 8.54. The minimum Gasteiger partial charge on any atom is -0.503 e. The van der Waals surface area contributed by atoms with Crippen molar-refractivity contribution < 1.29 is 32.9 Å². The first-order valence-corrected chi connectivity index (χ1v) is 9.73. The van der Waals surface area contributed by atoms with Gasteiger partial charge in [-0.05, 0) is 45.8 Å². The van der Waals surface area contributed by atoms with Gasteiger partial charge in [-0.1, -0.05) is 30.3 Å². The summed E-state index contributed by atoms with van der Waals surface area (Å²) in [5, 5.41) is 24.7. The first-order valence-electron chi connectivity index (χ1n) is 8.53. The Morgan fingerprint density at radius 1 is 1.27 bits per heavy atom. The number of hydrogen-bond donors (Lipinski definition) is 4. The lowest BCUT2D eigenvalue weighted by atomic mass is 9.77. The van der Waals surface area contributed by atoms with Crippen LogP contribution < -0.4 is 15.4 Å². The van der Waals surface area contributed by atoms with Crippen molar-refractivity contribution >= 4 is 39.0 Å². The molecule has 1 aliphatic heterocycles. The first kappa shape index (κ1) is 22.3. The van der Waals surface area contributed by atoms with E-state index in [1.807, 2.05) is 5.32 Å². The number of aromatic hydroxyl groups is 1. The lowest BCUT2D eigenvalue weighted by molar-refractivity contribution is -0.285. The van der Waals surface area contributed by atoms with Crippen molar-refractivity contribution in [3.8, 4) is 11.5 Å². The highest BCUT2D eigenvalue weighted by atomic mass is 79.9. The second-order valence-corrected chi connectivity index (χ2v) is 7.86. The molecule has 0 amide bonds. The van der Waals surface area contributed by atoms with E-state index in [9.17, 15) is 28.2 Å². The van der Waals surface area contributed by atoms with Gasteiger partial charge in [-0.3, -0.25) is 4.79 Å². The molecule has 1 fully saturated rings. The highest BCUT2D eigenvalue weighted by Crippen LogP contribution is 2.46. The monoisotopic (exact) mass is 504 g/mol. The van der Waals surface area contributed by atoms with Crippen LogP contribution in [0.4, 0.5) is 13.2 Å². The molecule has 160 valence electrons. The van der Waals surface area contributed by atoms with Crippen LogP contribution in [0.15, 0.2) is 46.9 Å². The van der Waals surface area contributed by atoms with Crippen molar-refractivity contribution in [2.75, 3.05) is 7.11 Å². The van der Waals surface area contributed by atoms with Crippen molar-refractivity contribution in [2.45, 2.75) is 17.9 Å². The van der Waals surface area contributed by atoms with Crippen LogP contribution in [0.25, 0.3) is 0 Å². The second kappa shape index (κ2) is 8.05. The van der Waals surface area contributed by atoms with Gasteiger partial charge in [-0.2, -0.15) is 13.2 Å². The predicted molar refractivity (Wildman–Crippen MR) is 109 cm³/mol. The molecule has 0 radical (unpaired) electrons. The Kier molecular flexibility index (Phi) is 5.99. The third-order valence-corrected chi connectivity index (χ3v) is 5.60. The molecule has 1 saturated heterocycles. The number of phenolic OH excluding ortho intramolecular Hbond substituents is 1. The number of rotatable bonds is 4. The van der Waals surface area contributed by atoms with Crippen LogP contribution in [0, 0.1) is 5.92 Å². The Balaban J connectivity index is 2.22. The number of alkyl halides is 3. The Bertz CT molecular complexity index is 990. The molecule has 0 unspecified atom stereocenters. The summed E-state index contributed by atoms with van der Waals surface area (Å²) in [4.78, 5) is 13.2. The number of Topliss-reactive ketones (excluding diaryl/α,β-unsaturated/α-hetero) is 1. The van der Waals surface area contributed by atoms with Crippen LogP contribution in [-0.2, 0) is 0 Å². The van der Waals surface area contributed by atoms with Gasteiger partial charge in [-0.15, -0.1) is 0 Å². The molecule has 6 nitrogen and oxygen atoms in total. The van der Waals surface area contributed by atoms with E-state index in [1.165, 1.54) is 43.5 Å². The highest BCUT2D eigenvalue weighted by Gasteiger charge is 2.65. The zero-order valence-corrected chi connectivity index (χ0v) is 17.7. The zero-order valence-electron chi connectivity index (χ0n) is 15.3. The minimum atomic E-state index is -5.23. The summed E-state index contributed by atoms with van der Waals surface area (Å²) in [7, 11) is 1.27. The lowest BCUT2D eigenvalue weighted by Crippen LogP contribution is -2.72. The Morgan fingerprint density at radius 3 is 2.47 bits per heavy atom. The van der Waals surface area contributed by atoms with E-state index in [4.69, 9.17) is 17.0 Å². The molecule has 1 aliphatic rings. The molecule has 0 aromatic heterocycles. The van der Waals surface area contributed by atoms with Gasteiger partial charge in [0, 0.05) is 5.56 Å². The molecule has 2 aromatic rings. The number of benzene rings is 2. The molecule has 2 aromatic carbocycles. The summed E-state index contributed by atoms with van der Waals surface area (Å²) in [6.45, 7) is 0. The van der Waals surface area contributed by atoms with Crippen LogP contribution in [0.5, 0.6) is 11.5 Å². The van der Waals surface area contributed by atoms with Crippen molar-refractivity contribution in [3.63, 3.8) is 0 Å². The van der Waals surface area contributed by atoms with Crippen LogP contribution in [0.1, 0.15) is 22.0 Å². The van der Waals surface area contributed by atoms with E-state index in [0.29, 0.717) is 0 Å². The van der Waals surface area contributed by atoms with Gasteiger partial charge in [0.1, 0.15) is 5.92 Å². The van der Waals surface area contributed by atoms with Gasteiger partial charge in [0.15, 0.2) is 22.4 Å². The maximum Gasteiger partial charge on any atom is 0.437 e. The fourth-order valence-corrected chi connectivity index (χ4v) is 4.07. The Hall–Kier alpha value is -2.37. The molecular formula is C19H16BrF3N2O4S. The van der Waals surface area contributed by atoms with E-state index in [2.05, 4.69) is 21.2 Å². The summed E-state index contributed by atoms with van der Waals surface area (Å²) in [5.74, 6) is -3.30. The fourth-order valence-electron chi connectivity index (χ4n) is 3.33. The number of halogens is 4. The largest absolute Gasteiger partial charge is 0.503 e. The lowest BCUT2D eigenvalue weighted by Gasteiger charge is -2.46. The molecule has 3 rings (SSSR count). The molecule has 0 aliphatic carbocycles. The molecule has 11 heteroatoms. The van der Waals surface area contributed by atoms with Gasteiger partial charge < -0.3 is 25.6 Å². The molecule has 4 N–H and O–H groups in total. The van der Waals surface area contributed by atoms with Crippen LogP contribution in [0.2, 0.25) is 0 Å². The number of phenols is 1. The van der Waals surface area contributed by atoms with Gasteiger partial charge >= 0.3 is 6.18 Å². The van der Waals surface area contributed by atoms with Gasteiger partial charge in [-0.25, -0.2) is 0 Å². The summed E-state index contributed by atoms with van der Waals surface area (Å²) >= 11 is 8.00. The average Bonchev–Trinajstić information content (AvgIpc) is 2.68. The summed E-state index contributed by atoms with van der Waals surface area (Å²) in [5.41, 5.74) is -3.52. The van der Waals surface area contributed by atoms with Gasteiger partial charge in [0.2, 0.25) is 5.72 Å². The van der Waals surface area contributed by atoms with Crippen molar-refractivity contribution in [1.82, 2.24) is 10.6 Å². The Labute approximate surface area is 183 Å². The van der Waals surface area contributed by atoms with Crippen molar-refractivity contribution in [2.24, 2.45) is 5.92 Å². The quantitative estimate of drug-likeness (QED) is 0.374. The average molecular weight is 505 g/mol. The van der Waals surface area contributed by atoms with Crippen molar-refractivity contribution in [3.05, 3.63) is 58.1 Å². The normalized spacial score (nSPS) is 24.0. The number of thiocarbonyl (C=S) groups is 1. The number of hydrogen-bond acceptors (Lipinski definition) is 5. The highest BCUT2D eigenvalue weighted by molar-refractivity contribution is 9.10. The SMILES string of the molecule is COc1cc([C@H]2NC(=S)N[C@](O)(C(F)(F)F)[C@@H]2C(=O)c2ccccc2)cc(Br)c1O. The maximum absolute atomic E-state index is 14.0. The molecule has 0 bridgehead atoms. The Morgan fingerprint density at radius 2 is 1.90 bits per heavy atom. The predicted octanol–water partition coefficient (Wildman–Crippen LogP) is 3.43.